The Kier molecular flexibility index (Phi) is 7.97. The largest absolute Gasteiger partial charge is 0.491 e. The Bertz CT molecular complexity index is 415. The number of carbonyl (C=O) groups excluding carboxylic acids is 1. The average Bonchev–Trinajstić information content (AvgIpc) is 2.53. The van der Waals surface area contributed by atoms with Gasteiger partial charge in [0.15, 0.2) is 5.78 Å². The van der Waals surface area contributed by atoms with Crippen LogP contribution < -0.4 is 10.1 Å². The summed E-state index contributed by atoms with van der Waals surface area (Å²) in [6.07, 6.45) is 0.748. The van der Waals surface area contributed by atoms with Gasteiger partial charge in [-0.2, -0.15) is 0 Å². The minimum absolute atomic E-state index is 0.103. The van der Waals surface area contributed by atoms with Crippen molar-refractivity contribution in [1.82, 2.24) is 0 Å². The minimum Gasteiger partial charge on any atom is -0.491 e. The zero-order valence-corrected chi connectivity index (χ0v) is 12.8. The summed E-state index contributed by atoms with van der Waals surface area (Å²) in [5.74, 6) is 0.738. The molecule has 0 aliphatic carbocycles. The monoisotopic (exact) mass is 296 g/mol. The molecule has 4 N–H and O–H groups in total. The molecule has 0 aliphatic rings. The molecule has 1 aromatic rings. The van der Waals surface area contributed by atoms with Gasteiger partial charge in [0.25, 0.3) is 0 Å². The molecule has 0 fully saturated rings. The number of aliphatic hydroxyl groups is 2. The van der Waals surface area contributed by atoms with E-state index in [1.54, 1.807) is 24.3 Å². The lowest BCUT2D eigenvalue weighted by Gasteiger charge is -2.15. The van der Waals surface area contributed by atoms with Crippen molar-refractivity contribution in [1.29, 1.82) is 0 Å². The second kappa shape index (κ2) is 9.50. The van der Waals surface area contributed by atoms with Crippen LogP contribution in [0.3, 0.4) is 0 Å². The van der Waals surface area contributed by atoms with Crippen LogP contribution >= 0.6 is 0 Å². The number of nitrogens with two attached hydrogens (primary N) is 1. The number of ketones is 1. The Morgan fingerprint density at radius 3 is 2.48 bits per heavy atom. The fourth-order valence-corrected chi connectivity index (χ4v) is 1.92. The van der Waals surface area contributed by atoms with Gasteiger partial charge in [-0.25, -0.2) is 0 Å². The second-order valence-electron chi connectivity index (χ2n) is 5.09. The number of quaternary nitrogens is 1. The van der Waals surface area contributed by atoms with E-state index >= 15 is 0 Å². The molecule has 2 atom stereocenters. The maximum absolute atomic E-state index is 11.5. The highest BCUT2D eigenvalue weighted by Gasteiger charge is 2.12. The summed E-state index contributed by atoms with van der Waals surface area (Å²) in [7, 11) is 0. The summed E-state index contributed by atoms with van der Waals surface area (Å²) in [5, 5.41) is 20.8. The van der Waals surface area contributed by atoms with Crippen molar-refractivity contribution in [3.05, 3.63) is 29.8 Å². The highest BCUT2D eigenvalue weighted by atomic mass is 16.5. The van der Waals surface area contributed by atoms with E-state index in [2.05, 4.69) is 0 Å². The standard InChI is InChI=1S/C16H25NO4/c1-3-13(10-18)17-9-14(19)11-21-15-7-5-12(6-8-15)16(20)4-2/h5-8,13-14,17-19H,3-4,9-11H2,1-2H3/p+1/t13-,14-/m1/s1. The third-order valence-electron chi connectivity index (χ3n) is 3.44. The number of ether oxygens (including phenoxy) is 1. The maximum Gasteiger partial charge on any atom is 0.162 e. The van der Waals surface area contributed by atoms with E-state index in [0.29, 0.717) is 24.3 Å². The Hall–Kier alpha value is -1.43. The van der Waals surface area contributed by atoms with Crippen LogP contribution in [0.2, 0.25) is 0 Å². The zero-order valence-electron chi connectivity index (χ0n) is 12.8. The Balaban J connectivity index is 2.35. The number of aliphatic hydroxyl groups excluding tert-OH is 2. The summed E-state index contributed by atoms with van der Waals surface area (Å²) >= 11 is 0. The molecule has 21 heavy (non-hydrogen) atoms. The first kappa shape index (κ1) is 17.6. The molecular formula is C16H26NO4+. The summed E-state index contributed by atoms with van der Waals surface area (Å²) in [6.45, 7) is 4.62. The molecular weight excluding hydrogens is 270 g/mol. The number of hydrogen-bond acceptors (Lipinski definition) is 4. The summed E-state index contributed by atoms with van der Waals surface area (Å²) in [5.41, 5.74) is 0.674. The number of benzene rings is 1. The second-order valence-corrected chi connectivity index (χ2v) is 5.09. The summed E-state index contributed by atoms with van der Waals surface area (Å²) in [6, 6.07) is 7.07. The van der Waals surface area contributed by atoms with E-state index in [1.165, 1.54) is 0 Å². The molecule has 5 heteroatoms. The molecule has 0 unspecified atom stereocenters. The third-order valence-corrected chi connectivity index (χ3v) is 3.44. The van der Waals surface area contributed by atoms with Crippen LogP contribution in [0.4, 0.5) is 0 Å². The van der Waals surface area contributed by atoms with Gasteiger partial charge >= 0.3 is 0 Å². The Morgan fingerprint density at radius 2 is 1.95 bits per heavy atom. The SMILES string of the molecule is CCC(=O)c1ccc(OC[C@H](O)C[NH2+][C@H](CC)CO)cc1. The van der Waals surface area contributed by atoms with Crippen LogP contribution in [0.15, 0.2) is 24.3 Å². The predicted molar refractivity (Wildman–Crippen MR) is 80.5 cm³/mol. The molecule has 0 aromatic heterocycles. The minimum atomic E-state index is -0.595. The van der Waals surface area contributed by atoms with E-state index in [1.807, 2.05) is 19.2 Å². The fourth-order valence-electron chi connectivity index (χ4n) is 1.92. The van der Waals surface area contributed by atoms with Gasteiger partial charge in [-0.3, -0.25) is 4.79 Å². The molecule has 1 rings (SSSR count). The lowest BCUT2D eigenvalue weighted by molar-refractivity contribution is -0.696. The van der Waals surface area contributed by atoms with Crippen LogP contribution in [-0.4, -0.2) is 47.9 Å². The first-order chi connectivity index (χ1) is 10.1. The van der Waals surface area contributed by atoms with Crippen LogP contribution in [0.25, 0.3) is 0 Å². The van der Waals surface area contributed by atoms with E-state index in [-0.39, 0.29) is 25.0 Å². The first-order valence-electron chi connectivity index (χ1n) is 7.49. The molecule has 118 valence electrons. The maximum atomic E-state index is 11.5. The molecule has 0 saturated heterocycles. The van der Waals surface area contributed by atoms with E-state index in [9.17, 15) is 9.90 Å². The molecule has 0 heterocycles. The number of Topliss-reactive ketones (excluding diaryl/α,β-unsaturated/α-hetero) is 1. The lowest BCUT2D eigenvalue weighted by atomic mass is 10.1. The normalized spacial score (nSPS) is 13.7. The van der Waals surface area contributed by atoms with Crippen molar-refractivity contribution in [3.63, 3.8) is 0 Å². The van der Waals surface area contributed by atoms with Gasteiger partial charge in [-0.05, 0) is 30.7 Å². The first-order valence-corrected chi connectivity index (χ1v) is 7.49. The van der Waals surface area contributed by atoms with E-state index < -0.39 is 6.10 Å². The van der Waals surface area contributed by atoms with Gasteiger partial charge in [0.1, 0.15) is 31.0 Å². The topological polar surface area (TPSA) is 83.4 Å². The molecule has 0 saturated carbocycles. The van der Waals surface area contributed by atoms with Crippen molar-refractivity contribution < 1.29 is 25.1 Å². The highest BCUT2D eigenvalue weighted by molar-refractivity contribution is 5.95. The number of carbonyl (C=O) groups is 1. The smallest absolute Gasteiger partial charge is 0.162 e. The molecule has 0 bridgehead atoms. The fraction of sp³-hybridized carbons (Fsp3) is 0.562. The molecule has 0 aliphatic heterocycles. The van der Waals surface area contributed by atoms with Crippen LogP contribution in [0.1, 0.15) is 37.0 Å². The van der Waals surface area contributed by atoms with E-state index in [0.717, 1.165) is 6.42 Å². The third kappa shape index (κ3) is 6.25. The Labute approximate surface area is 125 Å². The number of rotatable bonds is 10. The van der Waals surface area contributed by atoms with E-state index in [4.69, 9.17) is 9.84 Å². The summed E-state index contributed by atoms with van der Waals surface area (Å²) < 4.78 is 5.49. The van der Waals surface area contributed by atoms with Gasteiger partial charge in [-0.1, -0.05) is 13.8 Å². The Morgan fingerprint density at radius 1 is 1.29 bits per heavy atom. The van der Waals surface area contributed by atoms with Gasteiger partial charge in [0.05, 0.1) is 6.61 Å². The van der Waals surface area contributed by atoms with Crippen LogP contribution in [0, 0.1) is 0 Å². The van der Waals surface area contributed by atoms with Crippen LogP contribution in [-0.2, 0) is 0 Å². The molecule has 0 amide bonds. The molecule has 1 aromatic carbocycles. The summed E-state index contributed by atoms with van der Waals surface area (Å²) in [4.78, 5) is 11.5. The lowest BCUT2D eigenvalue weighted by Crippen LogP contribution is -2.92. The molecule has 5 nitrogen and oxygen atoms in total. The van der Waals surface area contributed by atoms with Crippen molar-refractivity contribution >= 4 is 5.78 Å². The number of hydrogen-bond donors (Lipinski definition) is 3. The van der Waals surface area contributed by atoms with Gasteiger partial charge in [-0.15, -0.1) is 0 Å². The predicted octanol–water partition coefficient (Wildman–Crippen LogP) is 0.353. The highest BCUT2D eigenvalue weighted by Crippen LogP contribution is 2.13. The van der Waals surface area contributed by atoms with Gasteiger partial charge in [0, 0.05) is 12.0 Å². The van der Waals surface area contributed by atoms with Crippen molar-refractivity contribution in [2.45, 2.75) is 38.8 Å². The van der Waals surface area contributed by atoms with Gasteiger partial charge in [0.2, 0.25) is 0 Å². The van der Waals surface area contributed by atoms with Crippen molar-refractivity contribution in [2.75, 3.05) is 19.8 Å². The quantitative estimate of drug-likeness (QED) is 0.544. The molecule has 0 spiro atoms. The van der Waals surface area contributed by atoms with Gasteiger partial charge < -0.3 is 20.3 Å². The molecule has 0 radical (unpaired) electrons. The van der Waals surface area contributed by atoms with Crippen molar-refractivity contribution in [3.8, 4) is 5.75 Å². The van der Waals surface area contributed by atoms with Crippen LogP contribution in [0.5, 0.6) is 5.75 Å². The average molecular weight is 296 g/mol. The van der Waals surface area contributed by atoms with Crippen molar-refractivity contribution in [2.24, 2.45) is 0 Å². The zero-order chi connectivity index (χ0) is 15.7.